The van der Waals surface area contributed by atoms with Crippen molar-refractivity contribution in [2.75, 3.05) is 13.1 Å². The van der Waals surface area contributed by atoms with Crippen molar-refractivity contribution in [1.82, 2.24) is 20.0 Å². The number of urea groups is 1. The number of aliphatic carboxylic acids is 1. The third-order valence-electron chi connectivity index (χ3n) is 2.35. The lowest BCUT2D eigenvalue weighted by Crippen LogP contribution is -2.47. The average molecular weight is 266 g/mol. The molecule has 0 aromatic carbocycles. The van der Waals surface area contributed by atoms with Crippen LogP contribution in [-0.2, 0) is 11.3 Å². The van der Waals surface area contributed by atoms with Gasteiger partial charge in [-0.3, -0.25) is 9.48 Å². The minimum Gasteiger partial charge on any atom is -0.480 e. The normalized spacial score (nSPS) is 11.6. The number of carbonyl (C=O) groups excluding carboxylic acids is 1. The highest BCUT2D eigenvalue weighted by molar-refractivity contribution is 5.80. The van der Waals surface area contributed by atoms with Crippen LogP contribution in [0.15, 0.2) is 31.1 Å². The molecule has 1 atom stereocenters. The molecule has 0 aliphatic carbocycles. The molecule has 0 fully saturated rings. The van der Waals surface area contributed by atoms with Crippen LogP contribution in [0.2, 0.25) is 0 Å². The predicted octanol–water partition coefficient (Wildman–Crippen LogP) is 0.554. The standard InChI is InChI=1S/C12H18N4O3/c1-3-6-15(9-11(17)18)12(19)14-10(2)8-16-7-4-5-13-16/h3-5,7,10H,1,6,8-9H2,2H3,(H,14,19)(H,17,18). The van der Waals surface area contributed by atoms with Gasteiger partial charge in [-0.05, 0) is 13.0 Å². The van der Waals surface area contributed by atoms with Crippen molar-refractivity contribution >= 4 is 12.0 Å². The fraction of sp³-hybridized carbons (Fsp3) is 0.417. The molecule has 0 aliphatic heterocycles. The van der Waals surface area contributed by atoms with Gasteiger partial charge in [0.1, 0.15) is 6.54 Å². The minimum atomic E-state index is -1.06. The molecule has 7 heteroatoms. The molecule has 1 aromatic heterocycles. The molecule has 1 aromatic rings. The zero-order valence-electron chi connectivity index (χ0n) is 10.8. The zero-order chi connectivity index (χ0) is 14.3. The van der Waals surface area contributed by atoms with Crippen LogP contribution in [0.25, 0.3) is 0 Å². The topological polar surface area (TPSA) is 87.5 Å². The largest absolute Gasteiger partial charge is 0.480 e. The predicted molar refractivity (Wildman–Crippen MR) is 69.6 cm³/mol. The summed E-state index contributed by atoms with van der Waals surface area (Å²) in [4.78, 5) is 23.7. The SMILES string of the molecule is C=CCN(CC(=O)O)C(=O)NC(C)Cn1cccn1. The number of aromatic nitrogens is 2. The maximum Gasteiger partial charge on any atom is 0.323 e. The Morgan fingerprint density at radius 3 is 2.89 bits per heavy atom. The van der Waals surface area contributed by atoms with Gasteiger partial charge in [0.15, 0.2) is 0 Å². The maximum atomic E-state index is 11.9. The molecule has 0 saturated carbocycles. The van der Waals surface area contributed by atoms with E-state index < -0.39 is 12.0 Å². The van der Waals surface area contributed by atoms with Gasteiger partial charge >= 0.3 is 12.0 Å². The van der Waals surface area contributed by atoms with Crippen LogP contribution in [0.5, 0.6) is 0 Å². The number of hydrogen-bond donors (Lipinski definition) is 2. The van der Waals surface area contributed by atoms with Gasteiger partial charge in [0, 0.05) is 25.0 Å². The molecular formula is C12H18N4O3. The van der Waals surface area contributed by atoms with E-state index in [1.165, 1.54) is 11.0 Å². The summed E-state index contributed by atoms with van der Waals surface area (Å²) < 4.78 is 1.69. The van der Waals surface area contributed by atoms with E-state index in [4.69, 9.17) is 5.11 Å². The molecule has 0 bridgehead atoms. The Morgan fingerprint density at radius 1 is 1.63 bits per heavy atom. The lowest BCUT2D eigenvalue weighted by Gasteiger charge is -2.22. The van der Waals surface area contributed by atoms with E-state index >= 15 is 0 Å². The first-order chi connectivity index (χ1) is 9.02. The number of nitrogens with zero attached hydrogens (tertiary/aromatic N) is 3. The average Bonchev–Trinajstić information content (AvgIpc) is 2.80. The van der Waals surface area contributed by atoms with Crippen LogP contribution in [-0.4, -0.2) is 50.9 Å². The minimum absolute atomic E-state index is 0.159. The summed E-state index contributed by atoms with van der Waals surface area (Å²) in [7, 11) is 0. The molecular weight excluding hydrogens is 248 g/mol. The van der Waals surface area contributed by atoms with E-state index in [1.807, 2.05) is 6.92 Å². The third kappa shape index (κ3) is 5.24. The highest BCUT2D eigenvalue weighted by Gasteiger charge is 2.17. The lowest BCUT2D eigenvalue weighted by atomic mass is 10.3. The molecule has 1 heterocycles. The molecule has 1 rings (SSSR count). The Labute approximate surface area is 111 Å². The highest BCUT2D eigenvalue weighted by Crippen LogP contribution is 1.95. The van der Waals surface area contributed by atoms with Crippen molar-refractivity contribution < 1.29 is 14.7 Å². The Hall–Kier alpha value is -2.31. The van der Waals surface area contributed by atoms with Gasteiger partial charge in [0.25, 0.3) is 0 Å². The highest BCUT2D eigenvalue weighted by atomic mass is 16.4. The van der Waals surface area contributed by atoms with Gasteiger partial charge in [-0.15, -0.1) is 6.58 Å². The quantitative estimate of drug-likeness (QED) is 0.706. The number of carboxylic acids is 1. The monoisotopic (exact) mass is 266 g/mol. The van der Waals surface area contributed by atoms with Crippen LogP contribution in [0, 0.1) is 0 Å². The number of hydrogen-bond acceptors (Lipinski definition) is 3. The lowest BCUT2D eigenvalue weighted by molar-refractivity contribution is -0.137. The van der Waals surface area contributed by atoms with Crippen molar-refractivity contribution in [1.29, 1.82) is 0 Å². The van der Waals surface area contributed by atoms with Crippen molar-refractivity contribution in [3.63, 3.8) is 0 Å². The van der Waals surface area contributed by atoms with Gasteiger partial charge in [-0.2, -0.15) is 5.10 Å². The van der Waals surface area contributed by atoms with Gasteiger partial charge in [0.2, 0.25) is 0 Å². The van der Waals surface area contributed by atoms with Crippen LogP contribution in [0.3, 0.4) is 0 Å². The van der Waals surface area contributed by atoms with Crippen LogP contribution in [0.1, 0.15) is 6.92 Å². The number of amides is 2. The number of rotatable bonds is 7. The second-order valence-electron chi connectivity index (χ2n) is 4.14. The van der Waals surface area contributed by atoms with Crippen molar-refractivity contribution in [2.45, 2.75) is 19.5 Å². The summed E-state index contributed by atoms with van der Waals surface area (Å²) in [5.41, 5.74) is 0. The van der Waals surface area contributed by atoms with Gasteiger partial charge in [0.05, 0.1) is 6.54 Å². The molecule has 1 unspecified atom stereocenters. The van der Waals surface area contributed by atoms with Gasteiger partial charge in [-0.1, -0.05) is 6.08 Å². The molecule has 0 spiro atoms. The maximum absolute atomic E-state index is 11.9. The summed E-state index contributed by atoms with van der Waals surface area (Å²) >= 11 is 0. The first-order valence-electron chi connectivity index (χ1n) is 5.88. The van der Waals surface area contributed by atoms with Crippen LogP contribution < -0.4 is 5.32 Å². The Balaban J connectivity index is 2.50. The Kier molecular flexibility index (Phi) is 5.59. The summed E-state index contributed by atoms with van der Waals surface area (Å²) in [6, 6.07) is 1.21. The van der Waals surface area contributed by atoms with E-state index in [9.17, 15) is 9.59 Å². The fourth-order valence-electron chi connectivity index (χ4n) is 1.58. The Bertz CT molecular complexity index is 430. The molecule has 2 N–H and O–H groups in total. The molecule has 19 heavy (non-hydrogen) atoms. The van der Waals surface area contributed by atoms with Crippen LogP contribution in [0.4, 0.5) is 4.79 Å². The molecule has 2 amide bonds. The van der Waals surface area contributed by atoms with E-state index in [0.717, 1.165) is 0 Å². The Morgan fingerprint density at radius 2 is 2.37 bits per heavy atom. The summed E-state index contributed by atoms with van der Waals surface area (Å²) in [5.74, 6) is -1.06. The molecule has 104 valence electrons. The van der Waals surface area contributed by atoms with Crippen molar-refractivity contribution in [2.24, 2.45) is 0 Å². The summed E-state index contributed by atoms with van der Waals surface area (Å²) in [5, 5.41) is 15.5. The number of carbonyl (C=O) groups is 2. The zero-order valence-corrected chi connectivity index (χ0v) is 10.8. The first kappa shape index (κ1) is 14.7. The summed E-state index contributed by atoms with van der Waals surface area (Å²) in [6.07, 6.45) is 4.94. The van der Waals surface area contributed by atoms with E-state index in [1.54, 1.807) is 23.1 Å². The van der Waals surface area contributed by atoms with Crippen LogP contribution >= 0.6 is 0 Å². The smallest absolute Gasteiger partial charge is 0.323 e. The molecule has 0 radical (unpaired) electrons. The second kappa shape index (κ2) is 7.20. The fourth-order valence-corrected chi connectivity index (χ4v) is 1.58. The van der Waals surface area contributed by atoms with E-state index in [-0.39, 0.29) is 19.1 Å². The second-order valence-corrected chi connectivity index (χ2v) is 4.14. The first-order valence-corrected chi connectivity index (χ1v) is 5.88. The third-order valence-corrected chi connectivity index (χ3v) is 2.35. The van der Waals surface area contributed by atoms with E-state index in [0.29, 0.717) is 6.54 Å². The van der Waals surface area contributed by atoms with Crippen molar-refractivity contribution in [3.8, 4) is 0 Å². The van der Waals surface area contributed by atoms with Crippen molar-refractivity contribution in [3.05, 3.63) is 31.1 Å². The van der Waals surface area contributed by atoms with Gasteiger partial charge in [-0.25, -0.2) is 4.79 Å². The number of nitrogens with one attached hydrogen (secondary N) is 1. The number of carboxylic acid groups (broad SMARTS) is 1. The molecule has 7 nitrogen and oxygen atoms in total. The van der Waals surface area contributed by atoms with Gasteiger partial charge < -0.3 is 15.3 Å². The van der Waals surface area contributed by atoms with E-state index in [2.05, 4.69) is 17.0 Å². The summed E-state index contributed by atoms with van der Waals surface area (Å²) in [6.45, 7) is 5.68. The molecule has 0 aliphatic rings. The molecule has 0 saturated heterocycles.